The van der Waals surface area contributed by atoms with Gasteiger partial charge in [0.15, 0.2) is 17.7 Å². The number of hydrogen-bond donors (Lipinski definition) is 2. The van der Waals surface area contributed by atoms with E-state index >= 15 is 0 Å². The Morgan fingerprint density at radius 3 is 2.57 bits per heavy atom. The maximum atomic E-state index is 14.9. The van der Waals surface area contributed by atoms with Gasteiger partial charge in [0.1, 0.15) is 12.5 Å². The van der Waals surface area contributed by atoms with E-state index in [2.05, 4.69) is 15.6 Å². The van der Waals surface area contributed by atoms with E-state index in [0.717, 1.165) is 5.69 Å². The first kappa shape index (κ1) is 24.4. The quantitative estimate of drug-likeness (QED) is 0.536. The third-order valence-electron chi connectivity index (χ3n) is 5.53. The normalized spacial score (nSPS) is 15.3. The Morgan fingerprint density at radius 1 is 1.06 bits per heavy atom. The van der Waals surface area contributed by atoms with Gasteiger partial charge >= 0.3 is 0 Å². The highest BCUT2D eigenvalue weighted by molar-refractivity contribution is 5.96. The number of pyridine rings is 1. The number of halogens is 3. The van der Waals surface area contributed by atoms with Crippen molar-refractivity contribution in [2.75, 3.05) is 18.2 Å². The standard InChI is InChI=1S/C25H23F3N4O3/c1-15(33)31-25(34)22-13-32(14-35-22)18-6-8-19(21(26)10-18)20-7-5-16(23(27)24(20)28)11-29-12-17-4-2-3-9-30-17/h2-10,22,29H,11-14H2,1H3,(H,31,33,34)/t22-/m0/s1. The summed E-state index contributed by atoms with van der Waals surface area (Å²) in [5, 5.41) is 5.16. The number of rotatable bonds is 7. The van der Waals surface area contributed by atoms with Crippen LogP contribution in [0.2, 0.25) is 0 Å². The lowest BCUT2D eigenvalue weighted by Gasteiger charge is -2.17. The molecule has 3 aromatic rings. The van der Waals surface area contributed by atoms with Crippen molar-refractivity contribution in [3.05, 3.63) is 83.4 Å². The molecule has 1 atom stereocenters. The average molecular weight is 484 g/mol. The zero-order valence-corrected chi connectivity index (χ0v) is 18.9. The van der Waals surface area contributed by atoms with Crippen molar-refractivity contribution in [3.63, 3.8) is 0 Å². The van der Waals surface area contributed by atoms with E-state index in [9.17, 15) is 22.8 Å². The molecule has 7 nitrogen and oxygen atoms in total. The Kier molecular flexibility index (Phi) is 7.42. The zero-order chi connectivity index (χ0) is 24.9. The lowest BCUT2D eigenvalue weighted by Crippen LogP contribution is -2.39. The Bertz CT molecular complexity index is 1240. The molecule has 4 rings (SSSR count). The lowest BCUT2D eigenvalue weighted by atomic mass is 10.0. The van der Waals surface area contributed by atoms with E-state index in [1.807, 2.05) is 12.1 Å². The van der Waals surface area contributed by atoms with Crippen molar-refractivity contribution in [3.8, 4) is 11.1 Å². The molecule has 0 spiro atoms. The van der Waals surface area contributed by atoms with E-state index in [0.29, 0.717) is 12.2 Å². The molecule has 182 valence electrons. The number of nitrogens with zero attached hydrogens (tertiary/aromatic N) is 2. The molecule has 2 N–H and O–H groups in total. The number of imide groups is 1. The molecule has 0 radical (unpaired) electrons. The van der Waals surface area contributed by atoms with Crippen LogP contribution in [0.25, 0.3) is 11.1 Å². The maximum Gasteiger partial charge on any atom is 0.257 e. The molecule has 2 amide bonds. The first-order valence-corrected chi connectivity index (χ1v) is 10.9. The van der Waals surface area contributed by atoms with E-state index in [1.165, 1.54) is 37.3 Å². The number of ether oxygens (including phenoxy) is 1. The molecule has 35 heavy (non-hydrogen) atoms. The number of aromatic nitrogens is 1. The molecule has 1 fully saturated rings. The van der Waals surface area contributed by atoms with E-state index in [1.54, 1.807) is 17.2 Å². The predicted molar refractivity (Wildman–Crippen MR) is 122 cm³/mol. The van der Waals surface area contributed by atoms with Gasteiger partial charge in [0, 0.05) is 48.6 Å². The highest BCUT2D eigenvalue weighted by Crippen LogP contribution is 2.31. The predicted octanol–water partition coefficient (Wildman–Crippen LogP) is 3.28. The van der Waals surface area contributed by atoms with Crippen LogP contribution in [0.4, 0.5) is 18.9 Å². The smallest absolute Gasteiger partial charge is 0.257 e. The van der Waals surface area contributed by atoms with Gasteiger partial charge in [0.25, 0.3) is 5.91 Å². The van der Waals surface area contributed by atoms with Crippen LogP contribution in [-0.2, 0) is 27.4 Å². The van der Waals surface area contributed by atoms with E-state index in [-0.39, 0.29) is 36.5 Å². The summed E-state index contributed by atoms with van der Waals surface area (Å²) >= 11 is 0. The van der Waals surface area contributed by atoms with Crippen molar-refractivity contribution in [1.82, 2.24) is 15.6 Å². The number of hydrogen-bond acceptors (Lipinski definition) is 6. The monoisotopic (exact) mass is 484 g/mol. The SMILES string of the molecule is CC(=O)NC(=O)[C@@H]1CN(c2ccc(-c3ccc(CNCc4ccccn4)c(F)c3F)c(F)c2)CO1. The molecular weight excluding hydrogens is 461 g/mol. The van der Waals surface area contributed by atoms with E-state index in [4.69, 9.17) is 4.74 Å². The van der Waals surface area contributed by atoms with Gasteiger partial charge in [-0.3, -0.25) is 19.9 Å². The number of carbonyl (C=O) groups is 2. The third-order valence-corrected chi connectivity index (χ3v) is 5.53. The molecular formula is C25H23F3N4O3. The second kappa shape index (κ2) is 10.7. The van der Waals surface area contributed by atoms with Crippen molar-refractivity contribution >= 4 is 17.5 Å². The fourth-order valence-electron chi connectivity index (χ4n) is 3.76. The summed E-state index contributed by atoms with van der Waals surface area (Å²) in [6.07, 6.45) is 0.763. The average Bonchev–Trinajstić information content (AvgIpc) is 3.33. The van der Waals surface area contributed by atoms with Crippen molar-refractivity contribution in [2.45, 2.75) is 26.1 Å². The van der Waals surface area contributed by atoms with Crippen molar-refractivity contribution in [2.24, 2.45) is 0 Å². The van der Waals surface area contributed by atoms with Crippen LogP contribution in [0.1, 0.15) is 18.2 Å². The van der Waals surface area contributed by atoms with Gasteiger partial charge in [-0.1, -0.05) is 18.2 Å². The minimum absolute atomic E-state index is 0.0119. The van der Waals surface area contributed by atoms with Crippen LogP contribution in [0, 0.1) is 17.5 Å². The number of carbonyl (C=O) groups excluding carboxylic acids is 2. The Morgan fingerprint density at radius 2 is 1.86 bits per heavy atom. The summed E-state index contributed by atoms with van der Waals surface area (Å²) < 4.78 is 49.8. The highest BCUT2D eigenvalue weighted by Gasteiger charge is 2.30. The molecule has 1 saturated heterocycles. The minimum atomic E-state index is -1.14. The molecule has 1 aliphatic rings. The molecule has 0 unspecified atom stereocenters. The van der Waals surface area contributed by atoms with Gasteiger partial charge < -0.3 is 15.0 Å². The highest BCUT2D eigenvalue weighted by atomic mass is 19.2. The fraction of sp³-hybridized carbons (Fsp3) is 0.240. The Hall–Kier alpha value is -3.76. The van der Waals surface area contributed by atoms with Crippen LogP contribution >= 0.6 is 0 Å². The Labute approximate surface area is 199 Å². The first-order valence-electron chi connectivity index (χ1n) is 10.9. The Balaban J connectivity index is 1.45. The van der Waals surface area contributed by atoms with Gasteiger partial charge in [0.2, 0.25) is 5.91 Å². The summed E-state index contributed by atoms with van der Waals surface area (Å²) in [7, 11) is 0. The third kappa shape index (κ3) is 5.67. The fourth-order valence-corrected chi connectivity index (χ4v) is 3.76. The zero-order valence-electron chi connectivity index (χ0n) is 18.9. The number of amides is 2. The number of anilines is 1. The molecule has 2 aromatic carbocycles. The molecule has 0 bridgehead atoms. The van der Waals surface area contributed by atoms with E-state index < -0.39 is 35.4 Å². The summed E-state index contributed by atoms with van der Waals surface area (Å²) in [6, 6.07) is 12.2. The van der Waals surface area contributed by atoms with Gasteiger partial charge in [-0.15, -0.1) is 0 Å². The van der Waals surface area contributed by atoms with Crippen LogP contribution in [-0.4, -0.2) is 36.2 Å². The largest absolute Gasteiger partial charge is 0.346 e. The van der Waals surface area contributed by atoms with Gasteiger partial charge in [-0.05, 0) is 30.3 Å². The summed E-state index contributed by atoms with van der Waals surface area (Å²) in [6.45, 7) is 1.80. The van der Waals surface area contributed by atoms with Crippen LogP contribution in [0.5, 0.6) is 0 Å². The molecule has 1 aliphatic heterocycles. The molecule has 10 heteroatoms. The number of benzene rings is 2. The first-order chi connectivity index (χ1) is 16.8. The summed E-state index contributed by atoms with van der Waals surface area (Å²) in [5.74, 6) is -4.02. The molecule has 0 saturated carbocycles. The maximum absolute atomic E-state index is 14.9. The molecule has 0 aliphatic carbocycles. The number of nitrogens with one attached hydrogen (secondary N) is 2. The second-order valence-electron chi connectivity index (χ2n) is 8.04. The van der Waals surface area contributed by atoms with Crippen molar-refractivity contribution < 1.29 is 27.5 Å². The van der Waals surface area contributed by atoms with Gasteiger partial charge in [-0.25, -0.2) is 13.2 Å². The minimum Gasteiger partial charge on any atom is -0.346 e. The second-order valence-corrected chi connectivity index (χ2v) is 8.04. The lowest BCUT2D eigenvalue weighted by molar-refractivity contribution is -0.135. The van der Waals surface area contributed by atoms with Gasteiger partial charge in [0.05, 0.1) is 12.2 Å². The van der Waals surface area contributed by atoms with Crippen LogP contribution < -0.4 is 15.5 Å². The topological polar surface area (TPSA) is 83.6 Å². The molecule has 1 aromatic heterocycles. The van der Waals surface area contributed by atoms with Gasteiger partial charge in [-0.2, -0.15) is 0 Å². The molecule has 2 heterocycles. The van der Waals surface area contributed by atoms with Crippen LogP contribution in [0.3, 0.4) is 0 Å². The van der Waals surface area contributed by atoms with Crippen molar-refractivity contribution in [1.29, 1.82) is 0 Å². The summed E-state index contributed by atoms with van der Waals surface area (Å²) in [5.41, 5.74) is 0.991. The van der Waals surface area contributed by atoms with Crippen LogP contribution in [0.15, 0.2) is 54.7 Å². The summed E-state index contributed by atoms with van der Waals surface area (Å²) in [4.78, 5) is 28.7.